The fraction of sp³-hybridized carbons (Fsp3) is 0.0545. The maximum atomic E-state index is 2.47. The Labute approximate surface area is 321 Å². The van der Waals surface area contributed by atoms with Gasteiger partial charge in [-0.2, -0.15) is 0 Å². The lowest BCUT2D eigenvalue weighted by Crippen LogP contribution is -2.14. The molecule has 0 saturated heterocycles. The van der Waals surface area contributed by atoms with Crippen LogP contribution in [-0.2, 0) is 5.41 Å². The van der Waals surface area contributed by atoms with Crippen LogP contribution in [0, 0.1) is 0 Å². The van der Waals surface area contributed by atoms with Crippen LogP contribution in [-0.4, -0.2) is 0 Å². The van der Waals surface area contributed by atoms with Gasteiger partial charge < -0.3 is 0 Å². The van der Waals surface area contributed by atoms with Gasteiger partial charge in [-0.25, -0.2) is 0 Å². The van der Waals surface area contributed by atoms with Crippen molar-refractivity contribution in [2.75, 3.05) is 0 Å². The summed E-state index contributed by atoms with van der Waals surface area (Å²) in [6.07, 6.45) is 0. The molecule has 0 atom stereocenters. The second kappa shape index (κ2) is 11.1. The summed E-state index contributed by atoms with van der Waals surface area (Å²) in [6, 6.07) is 68.6. The Bertz CT molecular complexity index is 3250. The lowest BCUT2D eigenvalue weighted by molar-refractivity contribution is 0.660. The maximum Gasteiger partial charge on any atom is 0.0158 e. The van der Waals surface area contributed by atoms with Gasteiger partial charge in [0.2, 0.25) is 0 Å². The summed E-state index contributed by atoms with van der Waals surface area (Å²) in [6.45, 7) is 4.73. The van der Waals surface area contributed by atoms with Crippen molar-refractivity contribution in [2.45, 2.75) is 19.3 Å². The largest absolute Gasteiger partial charge is 0.0619 e. The highest BCUT2D eigenvalue weighted by atomic mass is 14.4. The highest BCUT2D eigenvalue weighted by Gasteiger charge is 2.35. The second-order valence-electron chi connectivity index (χ2n) is 16.0. The first kappa shape index (κ1) is 30.7. The maximum absolute atomic E-state index is 2.47. The standard InChI is InChI=1S/C55H36/c1-55(2)50-21-10-9-16-40(50)48-32-37(25-29-51(48)55)52-42-17-7-8-18-43(42)54(46-28-27-45-39-15-6-5-14-38(39)41-19-11-20-44(46)53(41)45)47-26-24-36(31-49(47)52)35-23-22-33-12-3-4-13-34(33)30-35/h3-32H,1-2H3. The molecule has 0 N–H and O–H groups in total. The Balaban J connectivity index is 1.19. The van der Waals surface area contributed by atoms with E-state index in [1.165, 1.54) is 121 Å². The smallest absolute Gasteiger partial charge is 0.0158 e. The topological polar surface area (TPSA) is 0 Å². The van der Waals surface area contributed by atoms with E-state index in [2.05, 4.69) is 196 Å². The van der Waals surface area contributed by atoms with Crippen molar-refractivity contribution in [2.24, 2.45) is 0 Å². The fourth-order valence-electron chi connectivity index (χ4n) is 10.2. The molecule has 0 unspecified atom stereocenters. The Morgan fingerprint density at radius 3 is 1.69 bits per heavy atom. The van der Waals surface area contributed by atoms with E-state index in [0.717, 1.165) is 0 Å². The first-order valence-corrected chi connectivity index (χ1v) is 19.4. The third-order valence-corrected chi connectivity index (χ3v) is 12.8. The predicted octanol–water partition coefficient (Wildman–Crippen LogP) is 15.3. The van der Waals surface area contributed by atoms with E-state index in [-0.39, 0.29) is 5.41 Å². The summed E-state index contributed by atoms with van der Waals surface area (Å²) in [5.41, 5.74) is 18.3. The molecule has 2 aliphatic carbocycles. The summed E-state index contributed by atoms with van der Waals surface area (Å²) in [4.78, 5) is 0. The minimum atomic E-state index is -0.0445. The zero-order valence-corrected chi connectivity index (χ0v) is 30.8. The highest BCUT2D eigenvalue weighted by Crippen LogP contribution is 2.54. The number of hydrogen-bond acceptors (Lipinski definition) is 0. The van der Waals surface area contributed by atoms with Crippen LogP contribution < -0.4 is 0 Å². The van der Waals surface area contributed by atoms with E-state index in [0.29, 0.717) is 0 Å². The van der Waals surface area contributed by atoms with Crippen molar-refractivity contribution in [3.8, 4) is 66.8 Å². The first-order valence-electron chi connectivity index (χ1n) is 19.4. The molecule has 0 aromatic heterocycles. The first-order chi connectivity index (χ1) is 27.0. The van der Waals surface area contributed by atoms with Gasteiger partial charge in [0, 0.05) is 5.41 Å². The third-order valence-electron chi connectivity index (χ3n) is 12.8. The molecule has 0 bridgehead atoms. The molecule has 55 heavy (non-hydrogen) atoms. The molecule has 0 heterocycles. The SMILES string of the molecule is CC1(C)c2ccccc2-c2cc(-c3c4ccccc4c(-c4ccc5c6c(cccc46)-c4ccccc4-5)c4ccc(-c5ccc6ccccc6c5)cc34)ccc21. The average molecular weight is 697 g/mol. The molecule has 0 heteroatoms. The van der Waals surface area contributed by atoms with E-state index in [9.17, 15) is 0 Å². The third kappa shape index (κ3) is 4.23. The van der Waals surface area contributed by atoms with E-state index < -0.39 is 0 Å². The fourth-order valence-corrected chi connectivity index (χ4v) is 10.2. The van der Waals surface area contributed by atoms with Crippen molar-refractivity contribution >= 4 is 43.1 Å². The molecule has 10 aromatic rings. The van der Waals surface area contributed by atoms with E-state index in [1.807, 2.05) is 0 Å². The number of hydrogen-bond donors (Lipinski definition) is 0. The summed E-state index contributed by atoms with van der Waals surface area (Å²) < 4.78 is 0. The van der Waals surface area contributed by atoms with Crippen LogP contribution in [0.4, 0.5) is 0 Å². The van der Waals surface area contributed by atoms with E-state index in [1.54, 1.807) is 0 Å². The molecule has 0 fully saturated rings. The summed E-state index contributed by atoms with van der Waals surface area (Å²) >= 11 is 0. The number of benzene rings is 10. The van der Waals surface area contributed by atoms with Gasteiger partial charge in [0.15, 0.2) is 0 Å². The zero-order valence-electron chi connectivity index (χ0n) is 30.8. The zero-order chi connectivity index (χ0) is 36.4. The predicted molar refractivity (Wildman–Crippen MR) is 235 cm³/mol. The summed E-state index contributed by atoms with van der Waals surface area (Å²) in [5, 5.41) is 10.3. The molecule has 0 radical (unpaired) electrons. The normalized spacial score (nSPS) is 13.4. The number of fused-ring (bicyclic) bond motifs is 9. The summed E-state index contributed by atoms with van der Waals surface area (Å²) in [5.74, 6) is 0. The van der Waals surface area contributed by atoms with Gasteiger partial charge in [-0.15, -0.1) is 0 Å². The molecular formula is C55H36. The van der Waals surface area contributed by atoms with Crippen molar-refractivity contribution in [1.82, 2.24) is 0 Å². The molecule has 256 valence electrons. The van der Waals surface area contributed by atoms with Crippen LogP contribution in [0.5, 0.6) is 0 Å². The van der Waals surface area contributed by atoms with Crippen molar-refractivity contribution in [3.63, 3.8) is 0 Å². The summed E-state index contributed by atoms with van der Waals surface area (Å²) in [7, 11) is 0. The molecule has 0 spiro atoms. The molecular weight excluding hydrogens is 661 g/mol. The molecule has 0 saturated carbocycles. The van der Waals surface area contributed by atoms with Crippen molar-refractivity contribution in [1.29, 1.82) is 0 Å². The Kier molecular flexibility index (Phi) is 6.21. The average Bonchev–Trinajstić information content (AvgIpc) is 3.68. The molecule has 0 nitrogen and oxygen atoms in total. The van der Waals surface area contributed by atoms with E-state index >= 15 is 0 Å². The van der Waals surface area contributed by atoms with Gasteiger partial charge in [0.25, 0.3) is 0 Å². The lowest BCUT2D eigenvalue weighted by atomic mass is 9.81. The lowest BCUT2D eigenvalue weighted by Gasteiger charge is -2.22. The van der Waals surface area contributed by atoms with Crippen molar-refractivity contribution < 1.29 is 0 Å². The van der Waals surface area contributed by atoms with E-state index in [4.69, 9.17) is 0 Å². The van der Waals surface area contributed by atoms with Crippen LogP contribution in [0.1, 0.15) is 25.0 Å². The van der Waals surface area contributed by atoms with Gasteiger partial charge in [-0.1, -0.05) is 178 Å². The quantitative estimate of drug-likeness (QED) is 0.161. The van der Waals surface area contributed by atoms with Gasteiger partial charge in [-0.05, 0) is 139 Å². The van der Waals surface area contributed by atoms with Crippen LogP contribution in [0.2, 0.25) is 0 Å². The molecule has 12 rings (SSSR count). The highest BCUT2D eigenvalue weighted by molar-refractivity contribution is 6.27. The second-order valence-corrected chi connectivity index (χ2v) is 16.0. The van der Waals surface area contributed by atoms with Gasteiger partial charge in [0.1, 0.15) is 0 Å². The van der Waals surface area contributed by atoms with Crippen molar-refractivity contribution in [3.05, 3.63) is 193 Å². The Morgan fingerprint density at radius 2 is 0.855 bits per heavy atom. The van der Waals surface area contributed by atoms with Crippen LogP contribution in [0.25, 0.3) is 110 Å². The minimum Gasteiger partial charge on any atom is -0.0619 e. The van der Waals surface area contributed by atoms with Crippen LogP contribution in [0.15, 0.2) is 182 Å². The number of rotatable bonds is 3. The van der Waals surface area contributed by atoms with Gasteiger partial charge in [-0.3, -0.25) is 0 Å². The minimum absolute atomic E-state index is 0.0445. The molecule has 2 aliphatic rings. The molecule has 10 aromatic carbocycles. The monoisotopic (exact) mass is 696 g/mol. The van der Waals surface area contributed by atoms with Crippen LogP contribution >= 0.6 is 0 Å². The Hall–Kier alpha value is -6.76. The van der Waals surface area contributed by atoms with Gasteiger partial charge in [0.05, 0.1) is 0 Å². The van der Waals surface area contributed by atoms with Crippen LogP contribution in [0.3, 0.4) is 0 Å². The van der Waals surface area contributed by atoms with Gasteiger partial charge >= 0.3 is 0 Å². The molecule has 0 aliphatic heterocycles. The Morgan fingerprint density at radius 1 is 0.291 bits per heavy atom. The molecule has 0 amide bonds.